The van der Waals surface area contributed by atoms with E-state index in [0.29, 0.717) is 24.5 Å². The fraction of sp³-hybridized carbons (Fsp3) is 0.423. The van der Waals surface area contributed by atoms with Gasteiger partial charge in [-0.15, -0.1) is 0 Å². The zero-order chi connectivity index (χ0) is 24.2. The van der Waals surface area contributed by atoms with Crippen molar-refractivity contribution in [1.29, 1.82) is 0 Å². The van der Waals surface area contributed by atoms with Gasteiger partial charge < -0.3 is 14.8 Å². The van der Waals surface area contributed by atoms with Crippen LogP contribution >= 0.6 is 0 Å². The lowest BCUT2D eigenvalue weighted by Crippen LogP contribution is -2.47. The highest BCUT2D eigenvalue weighted by Gasteiger charge is 2.22. The van der Waals surface area contributed by atoms with Crippen molar-refractivity contribution in [3.8, 4) is 11.5 Å². The average Bonchev–Trinajstić information content (AvgIpc) is 2.77. The minimum atomic E-state index is -0.720. The lowest BCUT2D eigenvalue weighted by molar-refractivity contribution is -0.130. The number of hydrazone groups is 1. The molecule has 178 valence electrons. The standard InChI is InChI=1S/C26H35N3O4/c1-6-14-32-23-13-8-7-12-21(23)16-27-29-26(31)22(15-18(2)3)28-24(30)17-33-25-19(4)10-9-11-20(25)5/h7-13,16,18,22H,6,14-15,17H2,1-5H3,(H,28,30)(H,29,31)/b27-16-/t22-/m0/s1. The van der Waals surface area contributed by atoms with Crippen LogP contribution in [0, 0.1) is 19.8 Å². The molecule has 0 heterocycles. The molecule has 7 heteroatoms. The van der Waals surface area contributed by atoms with Gasteiger partial charge in [-0.25, -0.2) is 5.43 Å². The molecule has 0 aliphatic carbocycles. The van der Waals surface area contributed by atoms with Gasteiger partial charge in [0.15, 0.2) is 6.61 Å². The lowest BCUT2D eigenvalue weighted by Gasteiger charge is -2.19. The second-order valence-electron chi connectivity index (χ2n) is 8.38. The largest absolute Gasteiger partial charge is 0.493 e. The van der Waals surface area contributed by atoms with E-state index < -0.39 is 6.04 Å². The number of nitrogens with one attached hydrogen (secondary N) is 2. The Morgan fingerprint density at radius 1 is 1.03 bits per heavy atom. The molecule has 2 amide bonds. The SMILES string of the molecule is CCCOc1ccccc1/C=N\NC(=O)[C@H](CC(C)C)NC(=O)COc1c(C)cccc1C. The monoisotopic (exact) mass is 453 g/mol. The van der Waals surface area contributed by atoms with E-state index in [0.717, 1.165) is 23.1 Å². The maximum Gasteiger partial charge on any atom is 0.262 e. The predicted octanol–water partition coefficient (Wildman–Crippen LogP) is 4.15. The van der Waals surface area contributed by atoms with Crippen molar-refractivity contribution < 1.29 is 19.1 Å². The van der Waals surface area contributed by atoms with Crippen molar-refractivity contribution in [3.05, 3.63) is 59.2 Å². The molecule has 2 aromatic rings. The molecule has 0 saturated carbocycles. The molecule has 33 heavy (non-hydrogen) atoms. The van der Waals surface area contributed by atoms with Crippen LogP contribution in [0.15, 0.2) is 47.6 Å². The van der Waals surface area contributed by atoms with E-state index in [1.54, 1.807) is 6.21 Å². The van der Waals surface area contributed by atoms with Crippen LogP contribution in [-0.2, 0) is 9.59 Å². The second-order valence-corrected chi connectivity index (χ2v) is 8.38. The highest BCUT2D eigenvalue weighted by molar-refractivity contribution is 5.89. The number of amides is 2. The van der Waals surface area contributed by atoms with E-state index in [-0.39, 0.29) is 24.3 Å². The van der Waals surface area contributed by atoms with Crippen molar-refractivity contribution in [3.63, 3.8) is 0 Å². The van der Waals surface area contributed by atoms with Gasteiger partial charge in [0.25, 0.3) is 11.8 Å². The number of ether oxygens (including phenoxy) is 2. The van der Waals surface area contributed by atoms with Crippen molar-refractivity contribution in [2.45, 2.75) is 53.5 Å². The molecule has 0 aliphatic rings. The topological polar surface area (TPSA) is 89.0 Å². The predicted molar refractivity (Wildman–Crippen MR) is 131 cm³/mol. The van der Waals surface area contributed by atoms with Gasteiger partial charge in [0.2, 0.25) is 0 Å². The van der Waals surface area contributed by atoms with Crippen LogP contribution in [0.2, 0.25) is 0 Å². The maximum atomic E-state index is 12.7. The molecule has 0 unspecified atom stereocenters. The van der Waals surface area contributed by atoms with Crippen LogP contribution in [-0.4, -0.2) is 37.3 Å². The number of rotatable bonds is 12. The first-order chi connectivity index (χ1) is 15.8. The third-order valence-electron chi connectivity index (χ3n) is 4.87. The summed E-state index contributed by atoms with van der Waals surface area (Å²) < 4.78 is 11.4. The van der Waals surface area contributed by atoms with Gasteiger partial charge in [-0.1, -0.05) is 51.1 Å². The smallest absolute Gasteiger partial charge is 0.262 e. The zero-order valence-corrected chi connectivity index (χ0v) is 20.2. The molecule has 0 aromatic heterocycles. The number of benzene rings is 2. The first-order valence-corrected chi connectivity index (χ1v) is 11.3. The zero-order valence-electron chi connectivity index (χ0n) is 20.2. The van der Waals surface area contributed by atoms with E-state index in [1.807, 2.05) is 77.1 Å². The minimum Gasteiger partial charge on any atom is -0.493 e. The molecule has 1 atom stereocenters. The Kier molecular flexibility index (Phi) is 10.4. The summed E-state index contributed by atoms with van der Waals surface area (Å²) in [5.41, 5.74) is 5.21. The molecular weight excluding hydrogens is 418 g/mol. The molecule has 7 nitrogen and oxygen atoms in total. The van der Waals surface area contributed by atoms with E-state index in [2.05, 4.69) is 15.8 Å². The number of para-hydroxylation sites is 2. The van der Waals surface area contributed by atoms with Crippen molar-refractivity contribution in [2.75, 3.05) is 13.2 Å². The van der Waals surface area contributed by atoms with E-state index in [4.69, 9.17) is 9.47 Å². The molecule has 2 rings (SSSR count). The van der Waals surface area contributed by atoms with E-state index >= 15 is 0 Å². The van der Waals surface area contributed by atoms with Gasteiger partial charge in [-0.05, 0) is 55.9 Å². The summed E-state index contributed by atoms with van der Waals surface area (Å²) in [6, 6.07) is 12.6. The van der Waals surface area contributed by atoms with Crippen LogP contribution in [0.5, 0.6) is 11.5 Å². The summed E-state index contributed by atoms with van der Waals surface area (Å²) in [5, 5.41) is 6.85. The highest BCUT2D eigenvalue weighted by atomic mass is 16.5. The quantitative estimate of drug-likeness (QED) is 0.373. The summed E-state index contributed by atoms with van der Waals surface area (Å²) in [4.78, 5) is 25.2. The van der Waals surface area contributed by atoms with Crippen LogP contribution in [0.4, 0.5) is 0 Å². The summed E-state index contributed by atoms with van der Waals surface area (Å²) in [6.07, 6.45) is 2.92. The Hall–Kier alpha value is -3.35. The number of aryl methyl sites for hydroxylation is 2. The molecule has 0 saturated heterocycles. The Labute approximate surface area is 196 Å². The third kappa shape index (κ3) is 8.60. The number of carbonyl (C=O) groups is 2. The van der Waals surface area contributed by atoms with Crippen molar-refractivity contribution in [1.82, 2.24) is 10.7 Å². The van der Waals surface area contributed by atoms with Gasteiger partial charge >= 0.3 is 0 Å². The molecule has 0 fully saturated rings. The Morgan fingerprint density at radius 2 is 1.73 bits per heavy atom. The first-order valence-electron chi connectivity index (χ1n) is 11.3. The Balaban J connectivity index is 1.97. The number of hydrogen-bond acceptors (Lipinski definition) is 5. The van der Waals surface area contributed by atoms with Gasteiger partial charge in [0, 0.05) is 5.56 Å². The molecule has 2 N–H and O–H groups in total. The van der Waals surface area contributed by atoms with E-state index in [9.17, 15) is 9.59 Å². The summed E-state index contributed by atoms with van der Waals surface area (Å²) in [7, 11) is 0. The summed E-state index contributed by atoms with van der Waals surface area (Å²) in [6.45, 7) is 10.3. The maximum absolute atomic E-state index is 12.7. The molecule has 0 spiro atoms. The third-order valence-corrected chi connectivity index (χ3v) is 4.87. The van der Waals surface area contributed by atoms with Gasteiger partial charge in [0.05, 0.1) is 12.8 Å². The van der Waals surface area contributed by atoms with Crippen LogP contribution in [0.25, 0.3) is 0 Å². The highest BCUT2D eigenvalue weighted by Crippen LogP contribution is 2.22. The normalized spacial score (nSPS) is 11.9. The second kappa shape index (κ2) is 13.3. The van der Waals surface area contributed by atoms with Gasteiger partial charge in [0.1, 0.15) is 17.5 Å². The fourth-order valence-corrected chi connectivity index (χ4v) is 3.28. The molecular formula is C26H35N3O4. The van der Waals surface area contributed by atoms with E-state index in [1.165, 1.54) is 0 Å². The Morgan fingerprint density at radius 3 is 2.39 bits per heavy atom. The van der Waals surface area contributed by atoms with Crippen LogP contribution in [0.1, 0.15) is 50.3 Å². The minimum absolute atomic E-state index is 0.168. The van der Waals surface area contributed by atoms with Crippen LogP contribution in [0.3, 0.4) is 0 Å². The number of carbonyl (C=O) groups excluding carboxylic acids is 2. The van der Waals surface area contributed by atoms with Crippen molar-refractivity contribution in [2.24, 2.45) is 11.0 Å². The summed E-state index contributed by atoms with van der Waals surface area (Å²) in [5.74, 6) is 0.847. The fourth-order valence-electron chi connectivity index (χ4n) is 3.28. The molecule has 0 aliphatic heterocycles. The van der Waals surface area contributed by atoms with Gasteiger partial charge in [-0.2, -0.15) is 5.10 Å². The van der Waals surface area contributed by atoms with Crippen LogP contribution < -0.4 is 20.2 Å². The summed E-state index contributed by atoms with van der Waals surface area (Å²) >= 11 is 0. The van der Waals surface area contributed by atoms with Crippen molar-refractivity contribution >= 4 is 18.0 Å². The first kappa shape index (κ1) is 25.9. The molecule has 0 radical (unpaired) electrons. The molecule has 2 aromatic carbocycles. The van der Waals surface area contributed by atoms with Gasteiger partial charge in [-0.3, -0.25) is 9.59 Å². The number of nitrogens with zero attached hydrogens (tertiary/aromatic N) is 1. The lowest BCUT2D eigenvalue weighted by atomic mass is 10.0. The number of hydrogen-bond donors (Lipinski definition) is 2. The Bertz CT molecular complexity index is 936. The molecule has 0 bridgehead atoms. The average molecular weight is 454 g/mol.